The van der Waals surface area contributed by atoms with E-state index in [1.807, 2.05) is 0 Å². The van der Waals surface area contributed by atoms with Gasteiger partial charge in [-0.2, -0.15) is 0 Å². The minimum Gasteiger partial charge on any atom is -0.316 e. The average molecular weight is 196 g/mol. The summed E-state index contributed by atoms with van der Waals surface area (Å²) < 4.78 is 0. The molecule has 0 bridgehead atoms. The molecule has 1 unspecified atom stereocenters. The van der Waals surface area contributed by atoms with Crippen molar-refractivity contribution in [3.8, 4) is 0 Å². The van der Waals surface area contributed by atoms with E-state index in [-0.39, 0.29) is 0 Å². The molecular weight excluding hydrogens is 172 g/mol. The molecule has 1 fully saturated rings. The second kappa shape index (κ2) is 4.94. The van der Waals surface area contributed by atoms with Crippen molar-refractivity contribution in [1.82, 2.24) is 10.2 Å². The van der Waals surface area contributed by atoms with Gasteiger partial charge < -0.3 is 10.2 Å². The molecule has 1 aliphatic rings. The molecule has 0 aromatic carbocycles. The van der Waals surface area contributed by atoms with Crippen molar-refractivity contribution in [3.05, 3.63) is 12.2 Å². The van der Waals surface area contributed by atoms with Crippen LogP contribution in [-0.2, 0) is 0 Å². The predicted molar refractivity (Wildman–Crippen MR) is 62.5 cm³/mol. The Morgan fingerprint density at radius 2 is 2.29 bits per heavy atom. The van der Waals surface area contributed by atoms with Gasteiger partial charge in [0.25, 0.3) is 0 Å². The van der Waals surface area contributed by atoms with Crippen LogP contribution in [0.4, 0.5) is 0 Å². The van der Waals surface area contributed by atoms with E-state index in [0.717, 1.165) is 13.1 Å². The van der Waals surface area contributed by atoms with Crippen molar-refractivity contribution in [3.63, 3.8) is 0 Å². The van der Waals surface area contributed by atoms with E-state index >= 15 is 0 Å². The average Bonchev–Trinajstić information content (AvgIpc) is 2.02. The second-order valence-electron chi connectivity index (χ2n) is 5.22. The lowest BCUT2D eigenvalue weighted by Gasteiger charge is -2.37. The first-order valence-corrected chi connectivity index (χ1v) is 5.55. The molecule has 1 heterocycles. The van der Waals surface area contributed by atoms with Crippen LogP contribution in [0.2, 0.25) is 0 Å². The summed E-state index contributed by atoms with van der Waals surface area (Å²) in [4.78, 5) is 2.38. The Bertz CT molecular complexity index is 192. The van der Waals surface area contributed by atoms with Crippen molar-refractivity contribution in [2.24, 2.45) is 5.41 Å². The largest absolute Gasteiger partial charge is 0.316 e. The number of hydrogen-bond acceptors (Lipinski definition) is 2. The Labute approximate surface area is 88.4 Å². The molecular formula is C12H24N2. The molecule has 0 aromatic rings. The Morgan fingerprint density at radius 1 is 1.57 bits per heavy atom. The van der Waals surface area contributed by atoms with Gasteiger partial charge in [0.1, 0.15) is 0 Å². The van der Waals surface area contributed by atoms with Crippen LogP contribution in [0.5, 0.6) is 0 Å². The zero-order chi connectivity index (χ0) is 10.6. The van der Waals surface area contributed by atoms with E-state index in [1.54, 1.807) is 0 Å². The molecule has 1 atom stereocenters. The Hall–Kier alpha value is -0.340. The molecule has 1 saturated heterocycles. The molecule has 2 nitrogen and oxygen atoms in total. The van der Waals surface area contributed by atoms with Crippen LogP contribution < -0.4 is 5.32 Å². The van der Waals surface area contributed by atoms with Gasteiger partial charge in [-0.15, -0.1) is 0 Å². The van der Waals surface area contributed by atoms with Crippen LogP contribution in [0.25, 0.3) is 0 Å². The maximum atomic E-state index is 3.95. The third-order valence-corrected chi connectivity index (χ3v) is 2.88. The summed E-state index contributed by atoms with van der Waals surface area (Å²) in [6.45, 7) is 13.0. The summed E-state index contributed by atoms with van der Waals surface area (Å²) in [7, 11) is 2.19. The number of nitrogens with one attached hydrogen (secondary N) is 1. The fourth-order valence-corrected chi connectivity index (χ4v) is 2.42. The molecule has 14 heavy (non-hydrogen) atoms. The van der Waals surface area contributed by atoms with Gasteiger partial charge in [-0.1, -0.05) is 19.1 Å². The number of piperidine rings is 1. The lowest BCUT2D eigenvalue weighted by Crippen LogP contribution is -2.45. The van der Waals surface area contributed by atoms with E-state index in [4.69, 9.17) is 0 Å². The van der Waals surface area contributed by atoms with Gasteiger partial charge in [0.2, 0.25) is 0 Å². The molecule has 0 saturated carbocycles. The highest BCUT2D eigenvalue weighted by atomic mass is 15.1. The van der Waals surface area contributed by atoms with Gasteiger partial charge in [0.15, 0.2) is 0 Å². The van der Waals surface area contributed by atoms with Crippen LogP contribution in [0.1, 0.15) is 26.7 Å². The summed E-state index contributed by atoms with van der Waals surface area (Å²) in [5.74, 6) is 0. The van der Waals surface area contributed by atoms with Crippen molar-refractivity contribution >= 4 is 0 Å². The highest BCUT2D eigenvalue weighted by Crippen LogP contribution is 2.26. The van der Waals surface area contributed by atoms with E-state index < -0.39 is 0 Å². The van der Waals surface area contributed by atoms with Crippen molar-refractivity contribution in [2.45, 2.75) is 26.7 Å². The monoisotopic (exact) mass is 196 g/mol. The lowest BCUT2D eigenvalue weighted by molar-refractivity contribution is 0.160. The quantitative estimate of drug-likeness (QED) is 0.691. The van der Waals surface area contributed by atoms with Crippen molar-refractivity contribution in [1.29, 1.82) is 0 Å². The zero-order valence-electron chi connectivity index (χ0n) is 9.90. The smallest absolute Gasteiger partial charge is 0.0184 e. The molecule has 0 amide bonds. The minimum absolute atomic E-state index is 0.461. The molecule has 1 aliphatic heterocycles. The standard InChI is InChI=1S/C12H24N2/c1-11(2)8-14(4)10-12(3)6-5-7-13-9-12/h13H,1,5-10H2,2-4H3. The van der Waals surface area contributed by atoms with Crippen molar-refractivity contribution < 1.29 is 0 Å². The maximum Gasteiger partial charge on any atom is 0.0184 e. The summed E-state index contributed by atoms with van der Waals surface area (Å²) in [5, 5.41) is 3.48. The van der Waals surface area contributed by atoms with Gasteiger partial charge in [0, 0.05) is 19.6 Å². The summed E-state index contributed by atoms with van der Waals surface area (Å²) in [5.41, 5.74) is 1.71. The van der Waals surface area contributed by atoms with Crippen LogP contribution >= 0.6 is 0 Å². The van der Waals surface area contributed by atoms with Gasteiger partial charge >= 0.3 is 0 Å². The Morgan fingerprint density at radius 3 is 2.79 bits per heavy atom. The summed E-state index contributed by atoms with van der Waals surface area (Å²) in [6.07, 6.45) is 2.66. The lowest BCUT2D eigenvalue weighted by atomic mass is 9.82. The normalized spacial score (nSPS) is 28.0. The maximum absolute atomic E-state index is 3.95. The number of hydrogen-bond donors (Lipinski definition) is 1. The number of likely N-dealkylation sites (N-methyl/N-ethyl adjacent to an activating group) is 1. The third kappa shape index (κ3) is 3.81. The topological polar surface area (TPSA) is 15.3 Å². The van der Waals surface area contributed by atoms with Gasteiger partial charge in [-0.05, 0) is 38.8 Å². The summed E-state index contributed by atoms with van der Waals surface area (Å²) in [6, 6.07) is 0. The molecule has 0 radical (unpaired) electrons. The molecule has 0 aromatic heterocycles. The molecule has 1 N–H and O–H groups in total. The minimum atomic E-state index is 0.461. The third-order valence-electron chi connectivity index (χ3n) is 2.88. The SMILES string of the molecule is C=C(C)CN(C)CC1(C)CCCNC1. The molecule has 2 heteroatoms. The van der Waals surface area contributed by atoms with Crippen LogP contribution in [0.3, 0.4) is 0 Å². The van der Waals surface area contributed by atoms with Crippen molar-refractivity contribution in [2.75, 3.05) is 33.2 Å². The van der Waals surface area contributed by atoms with Crippen LogP contribution in [-0.4, -0.2) is 38.1 Å². The fourth-order valence-electron chi connectivity index (χ4n) is 2.42. The molecule has 0 aliphatic carbocycles. The Balaban J connectivity index is 2.36. The van der Waals surface area contributed by atoms with Crippen LogP contribution in [0, 0.1) is 5.41 Å². The molecule has 1 rings (SSSR count). The van der Waals surface area contributed by atoms with Gasteiger partial charge in [-0.3, -0.25) is 0 Å². The molecule has 82 valence electrons. The number of nitrogens with zero attached hydrogens (tertiary/aromatic N) is 1. The molecule has 0 spiro atoms. The van der Waals surface area contributed by atoms with E-state index in [9.17, 15) is 0 Å². The zero-order valence-corrected chi connectivity index (χ0v) is 9.90. The van der Waals surface area contributed by atoms with E-state index in [1.165, 1.54) is 31.5 Å². The second-order valence-corrected chi connectivity index (χ2v) is 5.22. The van der Waals surface area contributed by atoms with E-state index in [2.05, 4.69) is 37.7 Å². The fraction of sp³-hybridized carbons (Fsp3) is 0.833. The Kier molecular flexibility index (Phi) is 4.14. The number of rotatable bonds is 4. The first-order valence-electron chi connectivity index (χ1n) is 5.55. The van der Waals surface area contributed by atoms with Gasteiger partial charge in [0.05, 0.1) is 0 Å². The highest BCUT2D eigenvalue weighted by Gasteiger charge is 2.27. The first kappa shape index (κ1) is 11.7. The van der Waals surface area contributed by atoms with Gasteiger partial charge in [-0.25, -0.2) is 0 Å². The van der Waals surface area contributed by atoms with E-state index in [0.29, 0.717) is 5.41 Å². The highest BCUT2D eigenvalue weighted by molar-refractivity contribution is 4.93. The first-order chi connectivity index (χ1) is 6.52. The summed E-state index contributed by atoms with van der Waals surface area (Å²) >= 11 is 0. The van der Waals surface area contributed by atoms with Crippen LogP contribution in [0.15, 0.2) is 12.2 Å². The predicted octanol–water partition coefficient (Wildman–Crippen LogP) is 1.88.